The summed E-state index contributed by atoms with van der Waals surface area (Å²) in [5.74, 6) is -0.650. The Kier molecular flexibility index (Phi) is 4.03. The van der Waals surface area contributed by atoms with Gasteiger partial charge in [-0.05, 0) is 43.6 Å². The molecule has 1 unspecified atom stereocenters. The molecule has 0 aliphatic carbocycles. The Balaban J connectivity index is 1.46. The van der Waals surface area contributed by atoms with E-state index in [0.29, 0.717) is 5.92 Å². The van der Waals surface area contributed by atoms with Crippen molar-refractivity contribution in [3.63, 3.8) is 0 Å². The Morgan fingerprint density at radius 2 is 1.84 bits per heavy atom. The molecule has 3 atom stereocenters. The second kappa shape index (κ2) is 6.35. The smallest absolute Gasteiger partial charge is 0.353 e. The molecule has 2 N–H and O–H groups in total. The average molecular weight is 339 g/mol. The summed E-state index contributed by atoms with van der Waals surface area (Å²) >= 11 is 0. The molecule has 2 fully saturated rings. The predicted octanol–water partition coefficient (Wildman–Crippen LogP) is 2.73. The van der Waals surface area contributed by atoms with Crippen LogP contribution >= 0.6 is 0 Å². The van der Waals surface area contributed by atoms with Crippen molar-refractivity contribution < 1.29 is 14.7 Å². The highest BCUT2D eigenvalue weighted by molar-refractivity contribution is 5.95. The molecule has 2 aliphatic rings. The number of carbonyl (C=O) groups excluding carboxylic acids is 1. The third-order valence-corrected chi connectivity index (χ3v) is 5.46. The second-order valence-electron chi connectivity index (χ2n) is 7.10. The van der Waals surface area contributed by atoms with E-state index in [1.54, 1.807) is 0 Å². The zero-order chi connectivity index (χ0) is 17.4. The van der Waals surface area contributed by atoms with Crippen molar-refractivity contribution in [2.24, 2.45) is 5.92 Å². The highest BCUT2D eigenvalue weighted by Gasteiger charge is 2.43. The van der Waals surface area contributed by atoms with Crippen LogP contribution in [0.5, 0.6) is 0 Å². The van der Waals surface area contributed by atoms with E-state index in [1.807, 2.05) is 11.0 Å². The maximum Gasteiger partial charge on any atom is 0.353 e. The minimum absolute atomic E-state index is 0.0466. The van der Waals surface area contributed by atoms with Crippen molar-refractivity contribution in [2.75, 3.05) is 0 Å². The van der Waals surface area contributed by atoms with Crippen LogP contribution in [0.1, 0.15) is 52.2 Å². The number of aromatic amines is 1. The van der Waals surface area contributed by atoms with E-state index in [4.69, 9.17) is 5.11 Å². The maximum absolute atomic E-state index is 12.8. The first-order valence-electron chi connectivity index (χ1n) is 8.77. The van der Waals surface area contributed by atoms with Gasteiger partial charge in [0.05, 0.1) is 0 Å². The average Bonchev–Trinajstić information content (AvgIpc) is 3.19. The summed E-state index contributed by atoms with van der Waals surface area (Å²) in [6.45, 7) is 0. The molecule has 0 saturated carbocycles. The maximum atomic E-state index is 12.8. The fourth-order valence-electron chi connectivity index (χ4n) is 4.41. The number of fused-ring (bicyclic) bond motifs is 2. The summed E-state index contributed by atoms with van der Waals surface area (Å²) in [6.07, 6.45) is 5.12. The summed E-state index contributed by atoms with van der Waals surface area (Å²) < 4.78 is 0. The molecule has 6 nitrogen and oxygen atoms in total. The van der Waals surface area contributed by atoms with E-state index in [2.05, 4.69) is 34.5 Å². The first-order valence-corrected chi connectivity index (χ1v) is 8.77. The zero-order valence-corrected chi connectivity index (χ0v) is 13.9. The number of benzene rings is 1. The molecular weight excluding hydrogens is 318 g/mol. The lowest BCUT2D eigenvalue weighted by atomic mass is 9.85. The first kappa shape index (κ1) is 15.9. The normalized spacial score (nSPS) is 25.1. The fourth-order valence-corrected chi connectivity index (χ4v) is 4.41. The molecule has 0 radical (unpaired) electrons. The summed E-state index contributed by atoms with van der Waals surface area (Å²) in [7, 11) is 0. The number of carbonyl (C=O) groups is 2. The van der Waals surface area contributed by atoms with Crippen LogP contribution in [-0.4, -0.2) is 44.2 Å². The van der Waals surface area contributed by atoms with Crippen LogP contribution in [0.15, 0.2) is 36.4 Å². The van der Waals surface area contributed by atoms with Crippen LogP contribution in [0.3, 0.4) is 0 Å². The van der Waals surface area contributed by atoms with Gasteiger partial charge in [0.1, 0.15) is 5.69 Å². The Bertz CT molecular complexity index is 772. The molecule has 2 saturated heterocycles. The van der Waals surface area contributed by atoms with Crippen LogP contribution < -0.4 is 0 Å². The number of rotatable bonds is 4. The number of carboxylic acid groups (broad SMARTS) is 1. The summed E-state index contributed by atoms with van der Waals surface area (Å²) in [4.78, 5) is 25.7. The number of H-pyrrole nitrogens is 1. The van der Waals surface area contributed by atoms with Crippen molar-refractivity contribution >= 4 is 11.9 Å². The van der Waals surface area contributed by atoms with Gasteiger partial charge in [0.2, 0.25) is 0 Å². The number of nitrogens with zero attached hydrogens (tertiary/aromatic N) is 2. The number of amides is 1. The molecule has 3 heterocycles. The van der Waals surface area contributed by atoms with Crippen molar-refractivity contribution in [1.29, 1.82) is 0 Å². The van der Waals surface area contributed by atoms with Gasteiger partial charge in [-0.25, -0.2) is 4.79 Å². The summed E-state index contributed by atoms with van der Waals surface area (Å²) in [6, 6.07) is 12.3. The molecule has 2 aromatic rings. The molecule has 2 bridgehead atoms. The molecule has 1 amide bonds. The van der Waals surface area contributed by atoms with Crippen LogP contribution in [0.2, 0.25) is 0 Å². The van der Waals surface area contributed by atoms with Gasteiger partial charge in [-0.3, -0.25) is 9.89 Å². The fraction of sp³-hybridized carbons (Fsp3) is 0.421. The van der Waals surface area contributed by atoms with Gasteiger partial charge in [0, 0.05) is 18.2 Å². The van der Waals surface area contributed by atoms with Crippen molar-refractivity contribution in [2.45, 2.75) is 44.2 Å². The number of piperidine rings is 1. The van der Waals surface area contributed by atoms with E-state index in [1.165, 1.54) is 11.6 Å². The summed E-state index contributed by atoms with van der Waals surface area (Å²) in [5.41, 5.74) is 1.51. The molecule has 25 heavy (non-hydrogen) atoms. The standard InChI is InChI=1S/C19H21N3O3/c23-18(16-11-17(19(24)25)21-20-16)22-14-6-7-15(22)10-13(9-14)8-12-4-2-1-3-5-12/h1-5,11,13-15H,6-10H2,(H,20,21)(H,24,25)/t13?,14-,15+. The Labute approximate surface area is 145 Å². The van der Waals surface area contributed by atoms with Crippen LogP contribution in [0.4, 0.5) is 0 Å². The predicted molar refractivity (Wildman–Crippen MR) is 91.4 cm³/mol. The third kappa shape index (κ3) is 3.04. The third-order valence-electron chi connectivity index (χ3n) is 5.46. The SMILES string of the molecule is O=C(O)c1cc(C(=O)N2[C@@H]3CC[C@H]2CC(Cc2ccccc2)C3)n[nH]1. The van der Waals surface area contributed by atoms with E-state index in [-0.39, 0.29) is 29.4 Å². The molecule has 6 heteroatoms. The van der Waals surface area contributed by atoms with E-state index < -0.39 is 5.97 Å². The lowest BCUT2D eigenvalue weighted by Crippen LogP contribution is -2.47. The topological polar surface area (TPSA) is 86.3 Å². The number of carboxylic acids is 1. The molecule has 1 aromatic carbocycles. The minimum atomic E-state index is -1.10. The Hall–Kier alpha value is -2.63. The Morgan fingerprint density at radius 3 is 2.44 bits per heavy atom. The molecule has 1 aromatic heterocycles. The Morgan fingerprint density at radius 1 is 1.16 bits per heavy atom. The molecule has 4 rings (SSSR count). The minimum Gasteiger partial charge on any atom is -0.477 e. The van der Waals surface area contributed by atoms with Gasteiger partial charge in [-0.1, -0.05) is 30.3 Å². The highest BCUT2D eigenvalue weighted by Crippen LogP contribution is 2.40. The van der Waals surface area contributed by atoms with Crippen LogP contribution in [0.25, 0.3) is 0 Å². The van der Waals surface area contributed by atoms with Gasteiger partial charge in [-0.2, -0.15) is 5.10 Å². The van der Waals surface area contributed by atoms with E-state index in [0.717, 1.165) is 32.1 Å². The van der Waals surface area contributed by atoms with Gasteiger partial charge in [-0.15, -0.1) is 0 Å². The molecule has 0 spiro atoms. The summed E-state index contributed by atoms with van der Waals surface area (Å²) in [5, 5.41) is 15.3. The molecular formula is C19H21N3O3. The lowest BCUT2D eigenvalue weighted by molar-refractivity contribution is 0.0518. The quantitative estimate of drug-likeness (QED) is 0.897. The van der Waals surface area contributed by atoms with E-state index in [9.17, 15) is 9.59 Å². The number of hydrogen-bond donors (Lipinski definition) is 2. The number of aromatic carboxylic acids is 1. The van der Waals surface area contributed by atoms with Gasteiger partial charge in [0.25, 0.3) is 5.91 Å². The highest BCUT2D eigenvalue weighted by atomic mass is 16.4. The number of aromatic nitrogens is 2. The molecule has 2 aliphatic heterocycles. The van der Waals surface area contributed by atoms with Crippen molar-refractivity contribution in [3.8, 4) is 0 Å². The largest absolute Gasteiger partial charge is 0.477 e. The van der Waals surface area contributed by atoms with Crippen LogP contribution in [0, 0.1) is 5.92 Å². The van der Waals surface area contributed by atoms with Crippen LogP contribution in [-0.2, 0) is 6.42 Å². The molecule has 130 valence electrons. The van der Waals surface area contributed by atoms with Gasteiger partial charge < -0.3 is 10.0 Å². The van der Waals surface area contributed by atoms with Crippen molar-refractivity contribution in [3.05, 3.63) is 53.3 Å². The lowest BCUT2D eigenvalue weighted by Gasteiger charge is -2.38. The van der Waals surface area contributed by atoms with E-state index >= 15 is 0 Å². The van der Waals surface area contributed by atoms with Gasteiger partial charge >= 0.3 is 5.97 Å². The monoisotopic (exact) mass is 339 g/mol. The number of nitrogens with one attached hydrogen (secondary N) is 1. The second-order valence-corrected chi connectivity index (χ2v) is 7.10. The van der Waals surface area contributed by atoms with Crippen molar-refractivity contribution in [1.82, 2.24) is 15.1 Å². The van der Waals surface area contributed by atoms with Gasteiger partial charge in [0.15, 0.2) is 5.69 Å². The zero-order valence-electron chi connectivity index (χ0n) is 13.9. The number of hydrogen-bond acceptors (Lipinski definition) is 3. The first-order chi connectivity index (χ1) is 12.1.